The molecule has 6 nitrogen and oxygen atoms in total. The molecular weight excluding hydrogens is 320 g/mol. The van der Waals surface area contributed by atoms with E-state index in [4.69, 9.17) is 14.2 Å². The number of benzene rings is 1. The van der Waals surface area contributed by atoms with E-state index in [9.17, 15) is 4.79 Å². The van der Waals surface area contributed by atoms with Crippen molar-refractivity contribution in [3.05, 3.63) is 24.3 Å². The van der Waals surface area contributed by atoms with Crippen molar-refractivity contribution in [1.82, 2.24) is 9.80 Å². The van der Waals surface area contributed by atoms with Gasteiger partial charge in [-0.2, -0.15) is 0 Å². The first-order valence-corrected chi connectivity index (χ1v) is 9.00. The van der Waals surface area contributed by atoms with Gasteiger partial charge in [0.2, 0.25) is 5.91 Å². The number of amides is 1. The molecule has 2 aliphatic heterocycles. The number of likely N-dealkylation sites (tertiary alicyclic amines) is 1. The minimum atomic E-state index is -0.00200. The summed E-state index contributed by atoms with van der Waals surface area (Å²) in [4.78, 5) is 16.6. The molecule has 2 saturated heterocycles. The molecule has 0 radical (unpaired) electrons. The van der Waals surface area contributed by atoms with E-state index < -0.39 is 0 Å². The predicted octanol–water partition coefficient (Wildman–Crippen LogP) is 1.78. The monoisotopic (exact) mass is 348 g/mol. The van der Waals surface area contributed by atoms with E-state index in [0.717, 1.165) is 24.6 Å². The van der Waals surface area contributed by atoms with Gasteiger partial charge in [0.1, 0.15) is 6.10 Å². The molecule has 1 amide bonds. The fraction of sp³-hybridized carbons (Fsp3) is 0.632. The molecule has 1 aromatic carbocycles. The van der Waals surface area contributed by atoms with Gasteiger partial charge in [-0.25, -0.2) is 0 Å². The van der Waals surface area contributed by atoms with Crippen molar-refractivity contribution in [2.75, 3.05) is 39.9 Å². The van der Waals surface area contributed by atoms with Crippen LogP contribution in [0, 0.1) is 0 Å². The van der Waals surface area contributed by atoms with Gasteiger partial charge >= 0.3 is 0 Å². The van der Waals surface area contributed by atoms with Crippen LogP contribution < -0.4 is 9.47 Å². The van der Waals surface area contributed by atoms with Gasteiger partial charge in [0.05, 0.1) is 39.3 Å². The third-order valence-corrected chi connectivity index (χ3v) is 4.87. The first-order chi connectivity index (χ1) is 12.1. The molecule has 25 heavy (non-hydrogen) atoms. The molecule has 138 valence electrons. The number of nitrogens with zero attached hydrogens (tertiary/aromatic N) is 2. The van der Waals surface area contributed by atoms with Crippen LogP contribution in [0.1, 0.15) is 20.3 Å². The van der Waals surface area contributed by atoms with Crippen LogP contribution >= 0.6 is 0 Å². The zero-order valence-electron chi connectivity index (χ0n) is 15.3. The fourth-order valence-corrected chi connectivity index (χ4v) is 3.27. The Labute approximate surface area is 149 Å². The van der Waals surface area contributed by atoms with E-state index in [-0.39, 0.29) is 18.1 Å². The molecule has 0 N–H and O–H groups in total. The maximum absolute atomic E-state index is 12.4. The molecule has 2 fully saturated rings. The summed E-state index contributed by atoms with van der Waals surface area (Å²) in [6, 6.07) is 8.08. The number of carbonyl (C=O) groups excluding carboxylic acids is 1. The van der Waals surface area contributed by atoms with E-state index in [1.54, 1.807) is 7.11 Å². The van der Waals surface area contributed by atoms with Crippen molar-refractivity contribution in [2.45, 2.75) is 38.5 Å². The first kappa shape index (κ1) is 18.0. The van der Waals surface area contributed by atoms with Gasteiger partial charge in [-0.05, 0) is 26.0 Å². The SMILES string of the molecule is COc1ccccc1OC1CN(C(=O)C[C@H]2CN(C(C)C)CCO2)C1. The van der Waals surface area contributed by atoms with E-state index in [1.807, 2.05) is 29.2 Å². The molecule has 0 spiro atoms. The van der Waals surface area contributed by atoms with Crippen molar-refractivity contribution >= 4 is 5.91 Å². The van der Waals surface area contributed by atoms with Crippen molar-refractivity contribution < 1.29 is 19.0 Å². The quantitative estimate of drug-likeness (QED) is 0.784. The van der Waals surface area contributed by atoms with Crippen LogP contribution in [-0.4, -0.2) is 73.9 Å². The van der Waals surface area contributed by atoms with Gasteiger partial charge in [-0.1, -0.05) is 12.1 Å². The highest BCUT2D eigenvalue weighted by molar-refractivity contribution is 5.77. The zero-order valence-corrected chi connectivity index (χ0v) is 15.3. The Morgan fingerprint density at radius 1 is 1.24 bits per heavy atom. The van der Waals surface area contributed by atoms with Crippen molar-refractivity contribution in [3.8, 4) is 11.5 Å². The summed E-state index contributed by atoms with van der Waals surface area (Å²) in [6.07, 6.45) is 0.474. The maximum atomic E-state index is 12.4. The summed E-state index contributed by atoms with van der Waals surface area (Å²) in [5.74, 6) is 1.59. The lowest BCUT2D eigenvalue weighted by Gasteiger charge is -2.41. The van der Waals surface area contributed by atoms with Gasteiger partial charge in [0, 0.05) is 19.1 Å². The number of hydrogen-bond donors (Lipinski definition) is 0. The largest absolute Gasteiger partial charge is 0.493 e. The number of ether oxygens (including phenoxy) is 3. The molecule has 0 unspecified atom stereocenters. The van der Waals surface area contributed by atoms with Crippen molar-refractivity contribution in [1.29, 1.82) is 0 Å². The number of carbonyl (C=O) groups is 1. The molecule has 6 heteroatoms. The minimum absolute atomic E-state index is 0.00200. The van der Waals surface area contributed by atoms with Gasteiger partial charge in [0.25, 0.3) is 0 Å². The number of hydrogen-bond acceptors (Lipinski definition) is 5. The highest BCUT2D eigenvalue weighted by Gasteiger charge is 2.34. The third-order valence-electron chi connectivity index (χ3n) is 4.87. The normalized spacial score (nSPS) is 21.9. The molecule has 2 heterocycles. The Balaban J connectivity index is 1.44. The predicted molar refractivity (Wildman–Crippen MR) is 95.1 cm³/mol. The summed E-state index contributed by atoms with van der Waals surface area (Å²) >= 11 is 0. The Hall–Kier alpha value is -1.79. The molecule has 2 aliphatic rings. The Morgan fingerprint density at radius 3 is 2.64 bits per heavy atom. The molecule has 0 aliphatic carbocycles. The van der Waals surface area contributed by atoms with Crippen LogP contribution in [0.3, 0.4) is 0 Å². The first-order valence-electron chi connectivity index (χ1n) is 9.00. The zero-order chi connectivity index (χ0) is 17.8. The topological polar surface area (TPSA) is 51.2 Å². The maximum Gasteiger partial charge on any atom is 0.225 e. The molecule has 0 saturated carbocycles. The van der Waals surface area contributed by atoms with Crippen LogP contribution in [0.4, 0.5) is 0 Å². The molecular formula is C19H28N2O4. The average molecular weight is 348 g/mol. The second kappa shape index (κ2) is 8.06. The van der Waals surface area contributed by atoms with Gasteiger partial charge in [-0.15, -0.1) is 0 Å². The number of para-hydroxylation sites is 2. The summed E-state index contributed by atoms with van der Waals surface area (Å²) in [5, 5.41) is 0. The van der Waals surface area contributed by atoms with Crippen LogP contribution in [0.2, 0.25) is 0 Å². The van der Waals surface area contributed by atoms with Gasteiger partial charge < -0.3 is 19.1 Å². The second-order valence-corrected chi connectivity index (χ2v) is 6.98. The lowest BCUT2D eigenvalue weighted by molar-refractivity contribution is -0.145. The van der Waals surface area contributed by atoms with Crippen LogP contribution in [-0.2, 0) is 9.53 Å². The van der Waals surface area contributed by atoms with Gasteiger partial charge in [-0.3, -0.25) is 9.69 Å². The Kier molecular flexibility index (Phi) is 5.81. The van der Waals surface area contributed by atoms with Crippen molar-refractivity contribution in [2.24, 2.45) is 0 Å². The molecule has 0 aromatic heterocycles. The van der Waals surface area contributed by atoms with Crippen molar-refractivity contribution in [3.63, 3.8) is 0 Å². The highest BCUT2D eigenvalue weighted by atomic mass is 16.5. The van der Waals surface area contributed by atoms with E-state index in [0.29, 0.717) is 32.2 Å². The molecule has 1 atom stereocenters. The standard InChI is InChI=1S/C19H28N2O4/c1-14(2)20-8-9-24-15(11-20)10-19(22)21-12-16(13-21)25-18-7-5-4-6-17(18)23-3/h4-7,14-16H,8-13H2,1-3H3/t15-/m0/s1. The molecule has 0 bridgehead atoms. The average Bonchev–Trinajstić information content (AvgIpc) is 2.58. The lowest BCUT2D eigenvalue weighted by Crippen LogP contribution is -2.57. The third kappa shape index (κ3) is 4.44. The van der Waals surface area contributed by atoms with E-state index in [1.165, 1.54) is 0 Å². The number of methoxy groups -OCH3 is 1. The smallest absolute Gasteiger partial charge is 0.225 e. The molecule has 3 rings (SSSR count). The summed E-state index contributed by atoms with van der Waals surface area (Å²) < 4.78 is 17.0. The van der Waals surface area contributed by atoms with Crippen LogP contribution in [0.25, 0.3) is 0 Å². The molecule has 1 aromatic rings. The van der Waals surface area contributed by atoms with E-state index in [2.05, 4.69) is 18.7 Å². The van der Waals surface area contributed by atoms with E-state index >= 15 is 0 Å². The lowest BCUT2D eigenvalue weighted by atomic mass is 10.1. The van der Waals surface area contributed by atoms with Crippen LogP contribution in [0.5, 0.6) is 11.5 Å². The number of rotatable bonds is 6. The minimum Gasteiger partial charge on any atom is -0.493 e. The Bertz CT molecular complexity index is 587. The summed E-state index contributed by atoms with van der Waals surface area (Å²) in [5.41, 5.74) is 0. The highest BCUT2D eigenvalue weighted by Crippen LogP contribution is 2.29. The summed E-state index contributed by atoms with van der Waals surface area (Å²) in [7, 11) is 1.63. The Morgan fingerprint density at radius 2 is 1.96 bits per heavy atom. The number of morpholine rings is 1. The van der Waals surface area contributed by atoms with Gasteiger partial charge in [0.15, 0.2) is 11.5 Å². The fourth-order valence-electron chi connectivity index (χ4n) is 3.27. The summed E-state index contributed by atoms with van der Waals surface area (Å²) in [6.45, 7) is 8.09. The van der Waals surface area contributed by atoms with Crippen LogP contribution in [0.15, 0.2) is 24.3 Å². The second-order valence-electron chi connectivity index (χ2n) is 6.98.